The first-order valence-electron chi connectivity index (χ1n) is 9.39. The molecular formula is C22H30NO3+. The summed E-state index contributed by atoms with van der Waals surface area (Å²) in [7, 11) is 2.19. The minimum Gasteiger partial charge on any atom is -0.491 e. The number of rotatable bonds is 6. The smallest absolute Gasteiger partial charge is 0.137 e. The van der Waals surface area contributed by atoms with Crippen molar-refractivity contribution in [3.8, 4) is 16.9 Å². The molecule has 0 aliphatic carbocycles. The Morgan fingerprint density at radius 1 is 1.00 bits per heavy atom. The molecule has 1 saturated heterocycles. The first kappa shape index (κ1) is 18.9. The maximum Gasteiger partial charge on any atom is 0.137 e. The van der Waals surface area contributed by atoms with Crippen LogP contribution in [0.2, 0.25) is 0 Å². The van der Waals surface area contributed by atoms with Gasteiger partial charge in [-0.15, -0.1) is 0 Å². The Morgan fingerprint density at radius 2 is 1.58 bits per heavy atom. The number of ether oxygens (including phenoxy) is 2. The largest absolute Gasteiger partial charge is 0.491 e. The van der Waals surface area contributed by atoms with E-state index in [9.17, 15) is 5.11 Å². The maximum absolute atomic E-state index is 10.5. The molecule has 0 amide bonds. The van der Waals surface area contributed by atoms with Gasteiger partial charge in [-0.3, -0.25) is 0 Å². The first-order chi connectivity index (χ1) is 12.4. The molecule has 2 aromatic rings. The predicted molar refractivity (Wildman–Crippen MR) is 104 cm³/mol. The summed E-state index contributed by atoms with van der Waals surface area (Å²) in [6, 6.07) is 18.3. The van der Waals surface area contributed by atoms with Crippen LogP contribution in [-0.2, 0) is 4.74 Å². The summed E-state index contributed by atoms with van der Waals surface area (Å²) in [5.74, 6) is 0.787. The summed E-state index contributed by atoms with van der Waals surface area (Å²) in [6.07, 6.45) is -0.0453. The van der Waals surface area contributed by atoms with Crippen molar-refractivity contribution < 1.29 is 19.1 Å². The summed E-state index contributed by atoms with van der Waals surface area (Å²) in [6.45, 7) is 7.04. The standard InChI is InChI=1S/C22H30NO3/c1-17-13-23(3,14-18(2)26-17)15-21(24)16-25-22-11-9-20(10-12-22)19-7-5-4-6-8-19/h4-12,17-18,21,24H,13-16H2,1-3H3/q+1/t17-,18-,21-/m1/s1. The zero-order valence-corrected chi connectivity index (χ0v) is 16.0. The van der Waals surface area contributed by atoms with Gasteiger partial charge >= 0.3 is 0 Å². The van der Waals surface area contributed by atoms with Crippen molar-refractivity contribution in [3.63, 3.8) is 0 Å². The van der Waals surface area contributed by atoms with Crippen LogP contribution < -0.4 is 4.74 Å². The van der Waals surface area contributed by atoms with E-state index in [1.165, 1.54) is 5.56 Å². The van der Waals surface area contributed by atoms with Gasteiger partial charge in [0.1, 0.15) is 50.3 Å². The maximum atomic E-state index is 10.5. The van der Waals surface area contributed by atoms with Crippen LogP contribution in [0.1, 0.15) is 13.8 Å². The van der Waals surface area contributed by atoms with E-state index >= 15 is 0 Å². The molecule has 0 aromatic heterocycles. The van der Waals surface area contributed by atoms with Crippen LogP contribution in [0.25, 0.3) is 11.1 Å². The van der Waals surface area contributed by atoms with E-state index in [2.05, 4.69) is 45.2 Å². The van der Waals surface area contributed by atoms with Crippen molar-refractivity contribution in [3.05, 3.63) is 54.6 Å². The van der Waals surface area contributed by atoms with Gasteiger partial charge in [0.15, 0.2) is 0 Å². The summed E-state index contributed by atoms with van der Waals surface area (Å²) < 4.78 is 12.4. The molecule has 2 aromatic carbocycles. The van der Waals surface area contributed by atoms with E-state index < -0.39 is 6.10 Å². The molecule has 26 heavy (non-hydrogen) atoms. The predicted octanol–water partition coefficient (Wildman–Crippen LogP) is 3.35. The molecule has 1 N–H and O–H groups in total. The van der Waals surface area contributed by atoms with Gasteiger partial charge in [-0.25, -0.2) is 0 Å². The number of hydrogen-bond acceptors (Lipinski definition) is 3. The fourth-order valence-electron chi connectivity index (χ4n) is 4.08. The van der Waals surface area contributed by atoms with E-state index in [0.29, 0.717) is 13.2 Å². The van der Waals surface area contributed by atoms with Gasteiger partial charge < -0.3 is 19.1 Å². The van der Waals surface area contributed by atoms with E-state index in [1.54, 1.807) is 0 Å². The molecule has 1 heterocycles. The second kappa shape index (κ2) is 8.21. The second-order valence-corrected chi connectivity index (χ2v) is 7.78. The molecule has 0 unspecified atom stereocenters. The molecule has 140 valence electrons. The third-order valence-corrected chi connectivity index (χ3v) is 4.92. The minimum absolute atomic E-state index is 0.224. The number of nitrogens with zero attached hydrogens (tertiary/aromatic N) is 1. The van der Waals surface area contributed by atoms with Gasteiger partial charge in [-0.2, -0.15) is 0 Å². The van der Waals surface area contributed by atoms with Crippen LogP contribution in [0.5, 0.6) is 5.75 Å². The third kappa shape index (κ3) is 5.07. The lowest BCUT2D eigenvalue weighted by Gasteiger charge is -2.43. The fourth-order valence-corrected chi connectivity index (χ4v) is 4.08. The quantitative estimate of drug-likeness (QED) is 0.807. The van der Waals surface area contributed by atoms with E-state index in [1.807, 2.05) is 30.3 Å². The molecule has 1 aliphatic heterocycles. The number of morpholine rings is 1. The van der Waals surface area contributed by atoms with Crippen molar-refractivity contribution in [2.24, 2.45) is 0 Å². The van der Waals surface area contributed by atoms with Crippen LogP contribution >= 0.6 is 0 Å². The zero-order chi connectivity index (χ0) is 18.6. The van der Waals surface area contributed by atoms with Crippen LogP contribution in [0, 0.1) is 0 Å². The lowest BCUT2D eigenvalue weighted by Crippen LogP contribution is -2.60. The average molecular weight is 356 g/mol. The molecule has 4 nitrogen and oxygen atoms in total. The Balaban J connectivity index is 1.52. The van der Waals surface area contributed by atoms with Gasteiger partial charge in [0.25, 0.3) is 0 Å². The Labute approximate surface area is 156 Å². The van der Waals surface area contributed by atoms with Crippen molar-refractivity contribution >= 4 is 0 Å². The molecule has 1 fully saturated rings. The summed E-state index contributed by atoms with van der Waals surface area (Å²) in [5, 5.41) is 10.5. The Bertz CT molecular complexity index is 676. The van der Waals surface area contributed by atoms with Crippen LogP contribution in [0.15, 0.2) is 54.6 Å². The third-order valence-electron chi connectivity index (χ3n) is 4.92. The van der Waals surface area contributed by atoms with Crippen LogP contribution in [-0.4, -0.2) is 61.2 Å². The van der Waals surface area contributed by atoms with Gasteiger partial charge in [0.05, 0.1) is 7.05 Å². The fraction of sp³-hybridized carbons (Fsp3) is 0.455. The number of hydrogen-bond donors (Lipinski definition) is 1. The summed E-state index contributed by atoms with van der Waals surface area (Å²) in [4.78, 5) is 0. The highest BCUT2D eigenvalue weighted by Gasteiger charge is 2.35. The molecular weight excluding hydrogens is 326 g/mol. The summed E-state index contributed by atoms with van der Waals surface area (Å²) >= 11 is 0. The monoisotopic (exact) mass is 356 g/mol. The number of benzene rings is 2. The Hall–Kier alpha value is -1.88. The lowest BCUT2D eigenvalue weighted by atomic mass is 10.1. The summed E-state index contributed by atoms with van der Waals surface area (Å²) in [5.41, 5.74) is 2.35. The lowest BCUT2D eigenvalue weighted by molar-refractivity contribution is -0.926. The average Bonchev–Trinajstić information content (AvgIpc) is 2.59. The molecule has 0 radical (unpaired) electrons. The highest BCUT2D eigenvalue weighted by Crippen LogP contribution is 2.22. The van der Waals surface area contributed by atoms with Crippen LogP contribution in [0.4, 0.5) is 0 Å². The number of likely N-dealkylation sites (N-methyl/N-ethyl adjacent to an activating group) is 1. The molecule has 3 atom stereocenters. The normalized spacial score (nSPS) is 27.1. The Kier molecular flexibility index (Phi) is 5.97. The SMILES string of the molecule is C[C@@H]1C[N+](C)(C[C@@H](O)COc2ccc(-c3ccccc3)cc2)C[C@@H](C)O1. The van der Waals surface area contributed by atoms with Crippen molar-refractivity contribution in [2.45, 2.75) is 32.2 Å². The Morgan fingerprint density at radius 3 is 2.19 bits per heavy atom. The van der Waals surface area contributed by atoms with Crippen LogP contribution in [0.3, 0.4) is 0 Å². The zero-order valence-electron chi connectivity index (χ0n) is 16.0. The number of aliphatic hydroxyl groups excluding tert-OH is 1. The van der Waals surface area contributed by atoms with Crippen molar-refractivity contribution in [1.29, 1.82) is 0 Å². The van der Waals surface area contributed by atoms with Gasteiger partial charge in [0, 0.05) is 0 Å². The van der Waals surface area contributed by atoms with E-state index in [0.717, 1.165) is 28.9 Å². The van der Waals surface area contributed by atoms with Crippen molar-refractivity contribution in [2.75, 3.05) is 33.3 Å². The molecule has 1 aliphatic rings. The number of quaternary nitrogens is 1. The van der Waals surface area contributed by atoms with Gasteiger partial charge in [-0.05, 0) is 37.1 Å². The number of aliphatic hydroxyl groups is 1. The first-order valence-corrected chi connectivity index (χ1v) is 9.39. The molecule has 4 heteroatoms. The highest BCUT2D eigenvalue weighted by molar-refractivity contribution is 5.63. The van der Waals surface area contributed by atoms with Gasteiger partial charge in [0.2, 0.25) is 0 Å². The molecule has 0 saturated carbocycles. The van der Waals surface area contributed by atoms with E-state index in [4.69, 9.17) is 9.47 Å². The highest BCUT2D eigenvalue weighted by atomic mass is 16.5. The van der Waals surface area contributed by atoms with Crippen molar-refractivity contribution in [1.82, 2.24) is 0 Å². The topological polar surface area (TPSA) is 38.7 Å². The molecule has 3 rings (SSSR count). The van der Waals surface area contributed by atoms with Gasteiger partial charge in [-0.1, -0.05) is 42.5 Å². The minimum atomic E-state index is -0.494. The van der Waals surface area contributed by atoms with E-state index in [-0.39, 0.29) is 12.2 Å². The second-order valence-electron chi connectivity index (χ2n) is 7.78. The molecule has 0 bridgehead atoms. The molecule has 0 spiro atoms.